The molecule has 1 aromatic heterocycles. The summed E-state index contributed by atoms with van der Waals surface area (Å²) >= 11 is 12.3. The highest BCUT2D eigenvalue weighted by Crippen LogP contribution is 2.25. The van der Waals surface area contributed by atoms with Crippen LogP contribution in [0.2, 0.25) is 10.0 Å². The SMILES string of the molecule is CCC(NS(=O)(=O)c1ccc(C)cc1)C(=O)Cn1nnc(Cc2c(Cl)cccc2Cl)n1. The third kappa shape index (κ3) is 5.88. The Bertz CT molecular complexity index is 1160. The summed E-state index contributed by atoms with van der Waals surface area (Å²) in [4.78, 5) is 13.9. The van der Waals surface area contributed by atoms with Crippen molar-refractivity contribution in [3.8, 4) is 0 Å². The van der Waals surface area contributed by atoms with Crippen LogP contribution < -0.4 is 4.72 Å². The normalized spacial score (nSPS) is 12.6. The molecular weight excluding hydrogens is 461 g/mol. The van der Waals surface area contributed by atoms with Crippen LogP contribution in [0.5, 0.6) is 0 Å². The van der Waals surface area contributed by atoms with Crippen LogP contribution in [0.25, 0.3) is 0 Å². The number of carbonyl (C=O) groups is 1. The van der Waals surface area contributed by atoms with Crippen molar-refractivity contribution in [3.05, 3.63) is 69.5 Å². The molecule has 0 amide bonds. The molecule has 164 valence electrons. The van der Waals surface area contributed by atoms with Crippen LogP contribution >= 0.6 is 23.2 Å². The molecule has 1 unspecified atom stereocenters. The molecule has 3 aromatic rings. The molecule has 0 saturated heterocycles. The zero-order valence-corrected chi connectivity index (χ0v) is 19.2. The Morgan fingerprint density at radius 1 is 1.13 bits per heavy atom. The van der Waals surface area contributed by atoms with Gasteiger partial charge in [0, 0.05) is 16.5 Å². The van der Waals surface area contributed by atoms with Crippen molar-refractivity contribution in [3.63, 3.8) is 0 Å². The van der Waals surface area contributed by atoms with E-state index >= 15 is 0 Å². The summed E-state index contributed by atoms with van der Waals surface area (Å²) < 4.78 is 27.7. The molecule has 3 rings (SSSR count). The van der Waals surface area contributed by atoms with Crippen molar-refractivity contribution in [1.82, 2.24) is 24.9 Å². The Kier molecular flexibility index (Phi) is 7.42. The summed E-state index contributed by atoms with van der Waals surface area (Å²) in [5, 5.41) is 13.0. The average molecular weight is 482 g/mol. The Morgan fingerprint density at radius 2 is 1.77 bits per heavy atom. The molecule has 2 aromatic carbocycles. The molecule has 1 atom stereocenters. The smallest absolute Gasteiger partial charge is 0.241 e. The van der Waals surface area contributed by atoms with Gasteiger partial charge in [-0.05, 0) is 48.4 Å². The van der Waals surface area contributed by atoms with E-state index in [4.69, 9.17) is 23.2 Å². The van der Waals surface area contributed by atoms with Gasteiger partial charge in [0.25, 0.3) is 0 Å². The number of hydrogen-bond acceptors (Lipinski definition) is 6. The zero-order chi connectivity index (χ0) is 22.6. The molecule has 0 radical (unpaired) electrons. The standard InChI is InChI=1S/C20H21Cl2N5O3S/c1-3-18(25-31(29,30)14-9-7-13(2)8-10-14)19(28)12-27-24-20(23-26-27)11-15-16(21)5-4-6-17(15)22/h4-10,18,25H,3,11-12H2,1-2H3. The highest BCUT2D eigenvalue weighted by molar-refractivity contribution is 7.89. The van der Waals surface area contributed by atoms with Crippen LogP contribution in [-0.2, 0) is 27.8 Å². The van der Waals surface area contributed by atoms with E-state index in [1.165, 1.54) is 12.1 Å². The minimum absolute atomic E-state index is 0.0992. The third-order valence-electron chi connectivity index (χ3n) is 4.61. The van der Waals surface area contributed by atoms with Crippen LogP contribution in [0, 0.1) is 6.92 Å². The Balaban J connectivity index is 1.68. The van der Waals surface area contributed by atoms with Crippen molar-refractivity contribution >= 4 is 39.0 Å². The first-order chi connectivity index (χ1) is 14.7. The van der Waals surface area contributed by atoms with Gasteiger partial charge < -0.3 is 0 Å². The number of ketones is 1. The van der Waals surface area contributed by atoms with Gasteiger partial charge in [0.2, 0.25) is 10.0 Å². The number of nitrogens with one attached hydrogen (secondary N) is 1. The number of tetrazole rings is 1. The van der Waals surface area contributed by atoms with Crippen LogP contribution in [0.1, 0.15) is 30.3 Å². The Labute approximate surface area is 190 Å². The molecule has 0 fully saturated rings. The first kappa shape index (κ1) is 23.3. The summed E-state index contributed by atoms with van der Waals surface area (Å²) in [5.41, 5.74) is 1.60. The van der Waals surface area contributed by atoms with Gasteiger partial charge in [0.1, 0.15) is 6.54 Å². The van der Waals surface area contributed by atoms with E-state index in [1.54, 1.807) is 37.3 Å². The lowest BCUT2D eigenvalue weighted by atomic mass is 10.1. The summed E-state index contributed by atoms with van der Waals surface area (Å²) in [5.74, 6) is -0.0333. The fourth-order valence-electron chi connectivity index (χ4n) is 2.87. The van der Waals surface area contributed by atoms with Crippen LogP contribution in [0.15, 0.2) is 47.4 Å². The van der Waals surface area contributed by atoms with Gasteiger partial charge in [0.15, 0.2) is 11.6 Å². The molecular formula is C20H21Cl2N5O3S. The van der Waals surface area contributed by atoms with Gasteiger partial charge >= 0.3 is 0 Å². The van der Waals surface area contributed by atoms with Gasteiger partial charge in [-0.2, -0.15) is 4.80 Å². The van der Waals surface area contributed by atoms with Gasteiger partial charge in [-0.25, -0.2) is 13.1 Å². The van der Waals surface area contributed by atoms with Crippen LogP contribution in [0.4, 0.5) is 0 Å². The number of nitrogens with zero attached hydrogens (tertiary/aromatic N) is 4. The highest BCUT2D eigenvalue weighted by Gasteiger charge is 2.25. The van der Waals surface area contributed by atoms with E-state index in [0.717, 1.165) is 10.4 Å². The van der Waals surface area contributed by atoms with Crippen molar-refractivity contribution in [1.29, 1.82) is 0 Å². The number of hydrogen-bond donors (Lipinski definition) is 1. The lowest BCUT2D eigenvalue weighted by molar-refractivity contribution is -0.121. The number of aryl methyl sites for hydroxylation is 1. The molecule has 0 bridgehead atoms. The number of halogens is 2. The number of carbonyl (C=O) groups excluding carboxylic acids is 1. The minimum atomic E-state index is -3.84. The van der Waals surface area contributed by atoms with Gasteiger partial charge in [-0.1, -0.05) is 53.9 Å². The fraction of sp³-hybridized carbons (Fsp3) is 0.300. The van der Waals surface area contributed by atoms with Crippen LogP contribution in [-0.4, -0.2) is 40.5 Å². The molecule has 0 aliphatic heterocycles. The van der Waals surface area contributed by atoms with E-state index < -0.39 is 16.1 Å². The topological polar surface area (TPSA) is 107 Å². The van der Waals surface area contributed by atoms with Crippen molar-refractivity contribution < 1.29 is 13.2 Å². The molecule has 1 N–H and O–H groups in total. The minimum Gasteiger partial charge on any atom is -0.296 e. The molecule has 1 heterocycles. The van der Waals surface area contributed by atoms with Crippen molar-refractivity contribution in [2.75, 3.05) is 0 Å². The lowest BCUT2D eigenvalue weighted by Crippen LogP contribution is -2.42. The molecule has 31 heavy (non-hydrogen) atoms. The number of rotatable bonds is 9. The maximum absolute atomic E-state index is 12.7. The first-order valence-electron chi connectivity index (χ1n) is 9.51. The fourth-order valence-corrected chi connectivity index (χ4v) is 4.71. The van der Waals surface area contributed by atoms with E-state index in [2.05, 4.69) is 20.1 Å². The molecule has 0 aliphatic rings. The molecule has 0 saturated carbocycles. The van der Waals surface area contributed by atoms with Crippen LogP contribution in [0.3, 0.4) is 0 Å². The van der Waals surface area contributed by atoms with Gasteiger partial charge in [-0.15, -0.1) is 10.2 Å². The summed E-state index contributed by atoms with van der Waals surface area (Å²) in [7, 11) is -3.84. The first-order valence-corrected chi connectivity index (χ1v) is 11.7. The number of Topliss-reactive ketones (excluding diaryl/α,β-unsaturated/α-hetero) is 1. The van der Waals surface area contributed by atoms with Crippen molar-refractivity contribution in [2.45, 2.75) is 44.2 Å². The largest absolute Gasteiger partial charge is 0.296 e. The van der Waals surface area contributed by atoms with Gasteiger partial charge in [-0.3, -0.25) is 4.79 Å². The van der Waals surface area contributed by atoms with E-state index in [9.17, 15) is 13.2 Å². The summed E-state index contributed by atoms with van der Waals surface area (Å²) in [6.07, 6.45) is 0.532. The average Bonchev–Trinajstić information content (AvgIpc) is 3.16. The lowest BCUT2D eigenvalue weighted by Gasteiger charge is -2.15. The second-order valence-corrected chi connectivity index (χ2v) is 9.50. The van der Waals surface area contributed by atoms with E-state index in [0.29, 0.717) is 21.4 Å². The van der Waals surface area contributed by atoms with E-state index in [-0.39, 0.29) is 30.1 Å². The summed E-state index contributed by atoms with van der Waals surface area (Å²) in [6.45, 7) is 3.36. The van der Waals surface area contributed by atoms with E-state index in [1.807, 2.05) is 6.92 Å². The summed E-state index contributed by atoms with van der Waals surface area (Å²) in [6, 6.07) is 10.6. The highest BCUT2D eigenvalue weighted by atomic mass is 35.5. The molecule has 11 heteroatoms. The molecule has 0 spiro atoms. The second kappa shape index (κ2) is 9.86. The maximum Gasteiger partial charge on any atom is 0.241 e. The molecule has 8 nitrogen and oxygen atoms in total. The zero-order valence-electron chi connectivity index (χ0n) is 16.9. The molecule has 0 aliphatic carbocycles. The monoisotopic (exact) mass is 481 g/mol. The maximum atomic E-state index is 12.7. The van der Waals surface area contributed by atoms with Gasteiger partial charge in [0.05, 0.1) is 10.9 Å². The number of benzene rings is 2. The third-order valence-corrected chi connectivity index (χ3v) is 6.81. The predicted molar refractivity (Wildman–Crippen MR) is 118 cm³/mol. The second-order valence-electron chi connectivity index (χ2n) is 6.97. The number of sulfonamides is 1. The number of aromatic nitrogens is 4. The Morgan fingerprint density at radius 3 is 2.39 bits per heavy atom. The van der Waals surface area contributed by atoms with Crippen molar-refractivity contribution in [2.24, 2.45) is 0 Å². The predicted octanol–water partition coefficient (Wildman–Crippen LogP) is 3.21. The quantitative estimate of drug-likeness (QED) is 0.502. The Hall–Kier alpha value is -2.33.